The molecule has 4 aromatic rings. The van der Waals surface area contributed by atoms with Gasteiger partial charge in [0.1, 0.15) is 6.67 Å². The van der Waals surface area contributed by atoms with Crippen LogP contribution < -0.4 is 4.57 Å². The van der Waals surface area contributed by atoms with Gasteiger partial charge >= 0.3 is 5.51 Å². The number of alkyl halides is 4. The van der Waals surface area contributed by atoms with Gasteiger partial charge in [0.2, 0.25) is 11.2 Å². The van der Waals surface area contributed by atoms with Gasteiger partial charge in [-0.3, -0.25) is 0 Å². The first kappa shape index (κ1) is 22.6. The predicted molar refractivity (Wildman–Crippen MR) is 109 cm³/mol. The summed E-state index contributed by atoms with van der Waals surface area (Å²) in [5.74, 6) is 0. The lowest BCUT2D eigenvalue weighted by molar-refractivity contribution is -0.659. The summed E-state index contributed by atoms with van der Waals surface area (Å²) in [4.78, 5) is 0. The maximum atomic E-state index is 13.3. The zero-order valence-electron chi connectivity index (χ0n) is 16.0. The number of hydrogen-bond donors (Lipinski definition) is 0. The van der Waals surface area contributed by atoms with Gasteiger partial charge in [-0.1, -0.05) is 48.5 Å². The number of rotatable bonds is 3. The highest BCUT2D eigenvalue weighted by atomic mass is 32.2. The Bertz CT molecular complexity index is 1310. The van der Waals surface area contributed by atoms with E-state index >= 15 is 0 Å². The molecule has 1 heterocycles. The Balaban J connectivity index is 0.000000293. The Morgan fingerprint density at radius 3 is 1.81 bits per heavy atom. The van der Waals surface area contributed by atoms with Crippen LogP contribution in [0.4, 0.5) is 17.6 Å². The maximum absolute atomic E-state index is 13.3. The zero-order valence-corrected chi connectivity index (χ0v) is 16.8. The molecular weight excluding hydrogens is 434 g/mol. The molecule has 0 amide bonds. The van der Waals surface area contributed by atoms with E-state index in [2.05, 4.69) is 47.0 Å². The van der Waals surface area contributed by atoms with Crippen LogP contribution in [0.25, 0.3) is 32.9 Å². The lowest BCUT2D eigenvalue weighted by atomic mass is 9.99. The van der Waals surface area contributed by atoms with Crippen LogP contribution in [0.5, 0.6) is 0 Å². The normalized spacial score (nSPS) is 11.9. The fourth-order valence-electron chi connectivity index (χ4n) is 3.35. The largest absolute Gasteiger partial charge is 0.741 e. The highest BCUT2D eigenvalue weighted by molar-refractivity contribution is 7.86. The molecule has 0 radical (unpaired) electrons. The molecule has 0 N–H and O–H groups in total. The molecule has 0 saturated carbocycles. The molecule has 162 valence electrons. The van der Waals surface area contributed by atoms with Crippen molar-refractivity contribution in [3.63, 3.8) is 0 Å². The molecule has 31 heavy (non-hydrogen) atoms. The third kappa shape index (κ3) is 4.83. The summed E-state index contributed by atoms with van der Waals surface area (Å²) < 4.78 is 74.3. The van der Waals surface area contributed by atoms with E-state index in [1.807, 2.05) is 36.4 Å². The van der Waals surface area contributed by atoms with E-state index < -0.39 is 15.6 Å². The average Bonchev–Trinajstić information content (AvgIpc) is 2.74. The minimum atomic E-state index is -6.09. The molecule has 0 aliphatic rings. The number of fused-ring (bicyclic) bond motifs is 3. The van der Waals surface area contributed by atoms with Gasteiger partial charge in [-0.2, -0.15) is 17.7 Å². The lowest BCUT2D eigenvalue weighted by Crippen LogP contribution is -2.38. The second-order valence-corrected chi connectivity index (χ2v) is 7.89. The van der Waals surface area contributed by atoms with Crippen LogP contribution >= 0.6 is 0 Å². The summed E-state index contributed by atoms with van der Waals surface area (Å²) in [5.41, 5.74) is -2.38. The smallest absolute Gasteiger partial charge is 0.485 e. The number of aryl methyl sites for hydroxylation is 1. The first-order valence-electron chi connectivity index (χ1n) is 9.12. The monoisotopic (exact) mass is 451 g/mol. The standard InChI is InChI=1S/C21H17FN.CHF3O3S/c22-14-15-23-20-13-7-6-11-18(20)17-10-4-5-12-19(17)21(23)16-8-2-1-3-9-16;2-1(3,4)8(5,6)7/h1-13H,14-15H2;(H,5,6,7)/q+1;/p-1. The molecule has 1 aromatic heterocycles. The molecule has 0 saturated heterocycles. The average molecular weight is 451 g/mol. The highest BCUT2D eigenvalue weighted by Gasteiger charge is 2.36. The van der Waals surface area contributed by atoms with E-state index in [0.29, 0.717) is 6.54 Å². The van der Waals surface area contributed by atoms with Crippen molar-refractivity contribution in [2.24, 2.45) is 0 Å². The van der Waals surface area contributed by atoms with Crippen molar-refractivity contribution >= 4 is 31.8 Å². The number of nitrogens with zero attached hydrogens (tertiary/aromatic N) is 1. The summed E-state index contributed by atoms with van der Waals surface area (Å²) in [6.07, 6.45) is 0. The Hall–Kier alpha value is -3.04. The predicted octanol–water partition coefficient (Wildman–Crippen LogP) is 4.97. The van der Waals surface area contributed by atoms with Crippen LogP contribution in [0.1, 0.15) is 0 Å². The molecule has 0 atom stereocenters. The summed E-state index contributed by atoms with van der Waals surface area (Å²) in [6.45, 7) is -0.0254. The minimum Gasteiger partial charge on any atom is -0.741 e. The van der Waals surface area contributed by atoms with E-state index in [4.69, 9.17) is 13.0 Å². The third-order valence-corrected chi connectivity index (χ3v) is 5.14. The molecule has 3 aromatic carbocycles. The number of halogens is 4. The van der Waals surface area contributed by atoms with Gasteiger partial charge in [-0.15, -0.1) is 0 Å². The topological polar surface area (TPSA) is 61.1 Å². The van der Waals surface area contributed by atoms with Crippen molar-refractivity contribution in [3.8, 4) is 11.3 Å². The molecule has 0 aliphatic carbocycles. The molecule has 9 heteroatoms. The van der Waals surface area contributed by atoms with Gasteiger partial charge in [0.25, 0.3) is 0 Å². The van der Waals surface area contributed by atoms with Crippen LogP contribution in [-0.2, 0) is 16.7 Å². The maximum Gasteiger partial charge on any atom is 0.485 e. The zero-order chi connectivity index (χ0) is 22.6. The van der Waals surface area contributed by atoms with Crippen LogP contribution in [0.3, 0.4) is 0 Å². The second kappa shape index (κ2) is 8.99. The fourth-order valence-corrected chi connectivity index (χ4v) is 3.35. The molecule has 0 fully saturated rings. The first-order valence-corrected chi connectivity index (χ1v) is 10.5. The van der Waals surface area contributed by atoms with Crippen LogP contribution in [0.15, 0.2) is 78.9 Å². The van der Waals surface area contributed by atoms with Crippen molar-refractivity contribution < 1.29 is 35.1 Å². The minimum absolute atomic E-state index is 0.357. The summed E-state index contributed by atoms with van der Waals surface area (Å²) in [7, 11) is -6.09. The summed E-state index contributed by atoms with van der Waals surface area (Å²) in [5, 5.41) is 3.53. The molecule has 0 spiro atoms. The van der Waals surface area contributed by atoms with Crippen molar-refractivity contribution in [1.29, 1.82) is 0 Å². The SMILES string of the molecule is FCC[n+]1c(-c2ccccc2)c2ccccc2c2ccccc21.O=S(=O)([O-])C(F)(F)F. The van der Waals surface area contributed by atoms with Gasteiger partial charge in [0.05, 0.1) is 10.8 Å². The van der Waals surface area contributed by atoms with Crippen molar-refractivity contribution in [2.75, 3.05) is 6.67 Å². The Morgan fingerprint density at radius 1 is 0.774 bits per heavy atom. The van der Waals surface area contributed by atoms with Gasteiger partial charge in [-0.05, 0) is 24.3 Å². The molecule has 0 aliphatic heterocycles. The van der Waals surface area contributed by atoms with Crippen LogP contribution in [0, 0.1) is 0 Å². The summed E-state index contributed by atoms with van der Waals surface area (Å²) >= 11 is 0. The summed E-state index contributed by atoms with van der Waals surface area (Å²) in [6, 6.07) is 26.8. The number of hydrogen-bond acceptors (Lipinski definition) is 3. The van der Waals surface area contributed by atoms with Gasteiger partial charge < -0.3 is 4.55 Å². The Kier molecular flexibility index (Phi) is 6.56. The van der Waals surface area contributed by atoms with Gasteiger partial charge in [-0.25, -0.2) is 12.8 Å². The molecule has 4 nitrogen and oxygen atoms in total. The van der Waals surface area contributed by atoms with E-state index in [9.17, 15) is 17.6 Å². The first-order chi connectivity index (χ1) is 14.6. The Morgan fingerprint density at radius 2 is 1.26 bits per heavy atom. The highest BCUT2D eigenvalue weighted by Crippen LogP contribution is 2.31. The van der Waals surface area contributed by atoms with Gasteiger partial charge in [0, 0.05) is 17.0 Å². The number of aromatic nitrogens is 1. The third-order valence-electron chi connectivity index (χ3n) is 4.58. The fraction of sp³-hybridized carbons (Fsp3) is 0.136. The molecule has 4 rings (SSSR count). The van der Waals surface area contributed by atoms with Crippen molar-refractivity contribution in [3.05, 3.63) is 78.9 Å². The van der Waals surface area contributed by atoms with E-state index in [1.54, 1.807) is 0 Å². The van der Waals surface area contributed by atoms with Crippen molar-refractivity contribution in [2.45, 2.75) is 12.1 Å². The van der Waals surface area contributed by atoms with E-state index in [0.717, 1.165) is 27.5 Å². The molecule has 0 unspecified atom stereocenters. The second-order valence-electron chi connectivity index (χ2n) is 6.52. The van der Waals surface area contributed by atoms with Gasteiger partial charge in [0.15, 0.2) is 16.7 Å². The Labute approximate surface area is 176 Å². The number of pyridine rings is 1. The lowest BCUT2D eigenvalue weighted by Gasteiger charge is -2.11. The van der Waals surface area contributed by atoms with Crippen LogP contribution in [-0.4, -0.2) is 25.2 Å². The number of benzene rings is 3. The van der Waals surface area contributed by atoms with E-state index in [1.165, 1.54) is 5.39 Å². The number of para-hydroxylation sites is 1. The quantitative estimate of drug-likeness (QED) is 0.145. The van der Waals surface area contributed by atoms with E-state index in [-0.39, 0.29) is 6.67 Å². The van der Waals surface area contributed by atoms with Crippen molar-refractivity contribution in [1.82, 2.24) is 0 Å². The molecular formula is C22H17F4NO3S. The molecule has 0 bridgehead atoms. The van der Waals surface area contributed by atoms with Crippen LogP contribution in [0.2, 0.25) is 0 Å².